The second-order valence-corrected chi connectivity index (χ2v) is 11.4. The third-order valence-corrected chi connectivity index (χ3v) is 7.08. The fourth-order valence-corrected chi connectivity index (χ4v) is 4.73. The van der Waals surface area contributed by atoms with Crippen LogP contribution in [0.2, 0.25) is 5.02 Å². The number of carbonyl (C=O) groups excluding carboxylic acids is 2. The molecule has 1 heterocycles. The number of nitrogens with one attached hydrogen (secondary N) is 2. The van der Waals surface area contributed by atoms with Crippen LogP contribution in [-0.4, -0.2) is 84.4 Å². The van der Waals surface area contributed by atoms with Crippen molar-refractivity contribution >= 4 is 34.9 Å². The molecular formula is C28H35ClF5N5O3. The van der Waals surface area contributed by atoms with Gasteiger partial charge in [0.15, 0.2) is 11.6 Å². The standard InChI is InChI=1S/C28H35ClF5N5O3/c1-27(2,3)39(14-15-40)26(42)35-17-18-4-6-20(24(31)23(18)30)25(41)36-21-7-5-19(29)16-22(21)38-12-10-37(11-13-38)9-8-28(32,33)34/h4-7,16,40H,8-15,17H2,1-3H3,(H,35,42)(H,36,41). The number of anilines is 2. The molecule has 0 spiro atoms. The Bertz CT molecular complexity index is 1260. The SMILES string of the molecule is CC(C)(C)N(CCO)C(=O)NCc1ccc(C(=O)Nc2ccc(Cl)cc2N2CCN(CCC(F)(F)F)CC2)c(F)c1F. The largest absolute Gasteiger partial charge is 0.395 e. The monoisotopic (exact) mass is 619 g/mol. The molecule has 0 aliphatic carbocycles. The smallest absolute Gasteiger partial charge is 0.390 e. The Hall–Kier alpha value is -3.16. The molecule has 1 saturated heterocycles. The highest BCUT2D eigenvalue weighted by molar-refractivity contribution is 6.31. The number of nitrogens with zero attached hydrogens (tertiary/aromatic N) is 3. The number of alkyl halides is 3. The Balaban J connectivity index is 1.70. The number of urea groups is 1. The Labute approximate surface area is 246 Å². The second-order valence-electron chi connectivity index (χ2n) is 10.9. The van der Waals surface area contributed by atoms with Gasteiger partial charge in [0.2, 0.25) is 0 Å². The molecule has 2 aromatic carbocycles. The van der Waals surface area contributed by atoms with Gasteiger partial charge in [0, 0.05) is 61.9 Å². The number of benzene rings is 2. The number of piperazine rings is 1. The van der Waals surface area contributed by atoms with E-state index in [-0.39, 0.29) is 37.5 Å². The topological polar surface area (TPSA) is 88.1 Å². The lowest BCUT2D eigenvalue weighted by atomic mass is 10.1. The number of amides is 3. The van der Waals surface area contributed by atoms with Crippen LogP contribution in [0.3, 0.4) is 0 Å². The molecule has 0 unspecified atom stereocenters. The minimum atomic E-state index is -4.24. The Morgan fingerprint density at radius 2 is 1.69 bits per heavy atom. The molecule has 3 rings (SSSR count). The molecule has 1 fully saturated rings. The van der Waals surface area contributed by atoms with Crippen molar-refractivity contribution in [2.75, 3.05) is 56.1 Å². The zero-order valence-electron chi connectivity index (χ0n) is 23.6. The van der Waals surface area contributed by atoms with Crippen molar-refractivity contribution in [1.29, 1.82) is 0 Å². The van der Waals surface area contributed by atoms with Gasteiger partial charge < -0.3 is 25.5 Å². The Kier molecular flexibility index (Phi) is 11.0. The maximum Gasteiger partial charge on any atom is 0.390 e. The summed E-state index contributed by atoms with van der Waals surface area (Å²) in [6.07, 6.45) is -5.14. The summed E-state index contributed by atoms with van der Waals surface area (Å²) in [7, 11) is 0. The van der Waals surface area contributed by atoms with E-state index in [2.05, 4.69) is 10.6 Å². The molecule has 0 saturated carbocycles. The number of carbonyl (C=O) groups is 2. The van der Waals surface area contributed by atoms with E-state index in [0.29, 0.717) is 36.9 Å². The van der Waals surface area contributed by atoms with Crippen LogP contribution in [0.25, 0.3) is 0 Å². The number of hydrogen-bond donors (Lipinski definition) is 3. The number of halogens is 6. The molecule has 2 aromatic rings. The third kappa shape index (κ3) is 8.92. The average molecular weight is 620 g/mol. The first kappa shape index (κ1) is 33.3. The highest BCUT2D eigenvalue weighted by Gasteiger charge is 2.30. The van der Waals surface area contributed by atoms with Crippen LogP contribution in [0.15, 0.2) is 30.3 Å². The Morgan fingerprint density at radius 1 is 1.02 bits per heavy atom. The van der Waals surface area contributed by atoms with Gasteiger partial charge in [0.25, 0.3) is 5.91 Å². The van der Waals surface area contributed by atoms with Gasteiger partial charge in [-0.05, 0) is 45.0 Å². The van der Waals surface area contributed by atoms with Gasteiger partial charge in [0.05, 0.1) is 30.0 Å². The van der Waals surface area contributed by atoms with Crippen molar-refractivity contribution in [3.05, 3.63) is 58.1 Å². The van der Waals surface area contributed by atoms with Gasteiger partial charge in [-0.15, -0.1) is 0 Å². The van der Waals surface area contributed by atoms with Crippen LogP contribution >= 0.6 is 11.6 Å². The van der Waals surface area contributed by atoms with Crippen LogP contribution in [-0.2, 0) is 6.54 Å². The van der Waals surface area contributed by atoms with Crippen molar-refractivity contribution in [2.24, 2.45) is 0 Å². The van der Waals surface area contributed by atoms with E-state index in [4.69, 9.17) is 11.6 Å². The number of β-amino-alcohol motifs (C(OH)–C–C–N with tert-alkyl or cyclic N) is 1. The zero-order valence-corrected chi connectivity index (χ0v) is 24.4. The minimum absolute atomic E-state index is 0.0473. The molecule has 1 aliphatic rings. The van der Waals surface area contributed by atoms with E-state index in [1.54, 1.807) is 31.7 Å². The summed E-state index contributed by atoms with van der Waals surface area (Å²) in [6.45, 7) is 6.07. The molecule has 1 aliphatic heterocycles. The lowest BCUT2D eigenvalue weighted by Gasteiger charge is -2.37. The first-order valence-corrected chi connectivity index (χ1v) is 13.8. The highest BCUT2D eigenvalue weighted by atomic mass is 35.5. The summed E-state index contributed by atoms with van der Waals surface area (Å²) >= 11 is 6.17. The molecule has 0 bridgehead atoms. The van der Waals surface area contributed by atoms with E-state index in [1.807, 2.05) is 4.90 Å². The number of rotatable bonds is 9. The fraction of sp³-hybridized carbons (Fsp3) is 0.500. The van der Waals surface area contributed by atoms with Crippen LogP contribution in [0.4, 0.5) is 38.1 Å². The van der Waals surface area contributed by atoms with Crippen molar-refractivity contribution in [3.8, 4) is 0 Å². The number of hydrogen-bond acceptors (Lipinski definition) is 5. The lowest BCUT2D eigenvalue weighted by molar-refractivity contribution is -0.138. The van der Waals surface area contributed by atoms with Gasteiger partial charge in [-0.25, -0.2) is 13.6 Å². The van der Waals surface area contributed by atoms with Crippen molar-refractivity contribution in [3.63, 3.8) is 0 Å². The summed E-state index contributed by atoms with van der Waals surface area (Å²) in [4.78, 5) is 30.5. The van der Waals surface area contributed by atoms with Gasteiger partial charge >= 0.3 is 12.2 Å². The van der Waals surface area contributed by atoms with E-state index in [0.717, 1.165) is 6.07 Å². The summed E-state index contributed by atoms with van der Waals surface area (Å²) < 4.78 is 67.7. The van der Waals surface area contributed by atoms with E-state index in [9.17, 15) is 32.3 Å². The van der Waals surface area contributed by atoms with Crippen molar-refractivity contribution in [1.82, 2.24) is 15.1 Å². The van der Waals surface area contributed by atoms with E-state index in [1.165, 1.54) is 23.1 Å². The minimum Gasteiger partial charge on any atom is -0.395 e. The molecule has 3 amide bonds. The van der Waals surface area contributed by atoms with Crippen molar-refractivity contribution in [2.45, 2.75) is 45.5 Å². The molecule has 8 nitrogen and oxygen atoms in total. The predicted octanol–water partition coefficient (Wildman–Crippen LogP) is 5.25. The van der Waals surface area contributed by atoms with E-state index >= 15 is 4.39 Å². The zero-order chi connectivity index (χ0) is 31.2. The summed E-state index contributed by atoms with van der Waals surface area (Å²) in [6, 6.07) is 6.35. The fourth-order valence-electron chi connectivity index (χ4n) is 4.57. The molecule has 0 aromatic heterocycles. The van der Waals surface area contributed by atoms with Crippen molar-refractivity contribution < 1.29 is 36.6 Å². The van der Waals surface area contributed by atoms with Crippen LogP contribution in [0, 0.1) is 11.6 Å². The van der Waals surface area contributed by atoms with Gasteiger partial charge in [0.1, 0.15) is 0 Å². The predicted molar refractivity (Wildman–Crippen MR) is 151 cm³/mol. The van der Waals surface area contributed by atoms with Gasteiger partial charge in [-0.2, -0.15) is 13.2 Å². The third-order valence-electron chi connectivity index (χ3n) is 6.85. The molecule has 3 N–H and O–H groups in total. The maximum absolute atomic E-state index is 15.0. The first-order chi connectivity index (χ1) is 19.6. The summed E-state index contributed by atoms with van der Waals surface area (Å²) in [5.74, 6) is -3.61. The molecule has 0 atom stereocenters. The highest BCUT2D eigenvalue weighted by Crippen LogP contribution is 2.31. The van der Waals surface area contributed by atoms with Crippen LogP contribution in [0.1, 0.15) is 43.1 Å². The normalized spacial score (nSPS) is 14.6. The quantitative estimate of drug-likeness (QED) is 0.334. The lowest BCUT2D eigenvalue weighted by Crippen LogP contribution is -2.51. The second kappa shape index (κ2) is 13.9. The molecule has 14 heteroatoms. The van der Waals surface area contributed by atoms with Crippen LogP contribution in [0.5, 0.6) is 0 Å². The van der Waals surface area contributed by atoms with Gasteiger partial charge in [-0.3, -0.25) is 9.69 Å². The van der Waals surface area contributed by atoms with Crippen LogP contribution < -0.4 is 15.5 Å². The molecular weight excluding hydrogens is 585 g/mol. The number of aliphatic hydroxyl groups excluding tert-OH is 1. The first-order valence-electron chi connectivity index (χ1n) is 13.4. The maximum atomic E-state index is 15.0. The Morgan fingerprint density at radius 3 is 2.29 bits per heavy atom. The summed E-state index contributed by atoms with van der Waals surface area (Å²) in [5.41, 5.74) is -0.587. The molecule has 232 valence electrons. The van der Waals surface area contributed by atoms with Gasteiger partial charge in [-0.1, -0.05) is 17.7 Å². The molecule has 0 radical (unpaired) electrons. The summed E-state index contributed by atoms with van der Waals surface area (Å²) in [5, 5.41) is 14.7. The molecule has 42 heavy (non-hydrogen) atoms. The average Bonchev–Trinajstić information content (AvgIpc) is 2.91. The van der Waals surface area contributed by atoms with E-state index < -0.39 is 47.3 Å². The number of aliphatic hydroxyl groups is 1.